The van der Waals surface area contributed by atoms with Crippen LogP contribution < -0.4 is 5.73 Å². The number of aromatic nitrogens is 2. The minimum atomic E-state index is -0.758. The van der Waals surface area contributed by atoms with Gasteiger partial charge in [0.2, 0.25) is 11.8 Å². The van der Waals surface area contributed by atoms with E-state index in [-0.39, 0.29) is 36.4 Å². The number of amides is 2. The number of nitrogens with zero attached hydrogens (tertiary/aromatic N) is 3. The summed E-state index contributed by atoms with van der Waals surface area (Å²) in [6.07, 6.45) is 6.81. The van der Waals surface area contributed by atoms with Crippen LogP contribution in [-0.4, -0.2) is 57.8 Å². The summed E-state index contributed by atoms with van der Waals surface area (Å²) in [6, 6.07) is 8.10. The molecule has 2 fully saturated rings. The van der Waals surface area contributed by atoms with Crippen LogP contribution in [0.5, 0.6) is 0 Å². The lowest BCUT2D eigenvalue weighted by Gasteiger charge is -2.28. The van der Waals surface area contributed by atoms with Crippen LogP contribution in [-0.2, 0) is 20.7 Å². The number of Topliss-reactive ketones (excluding diaryl/α,β-unsaturated/α-hetero) is 1. The maximum atomic E-state index is 13.9. The zero-order chi connectivity index (χ0) is 22.9. The summed E-state index contributed by atoms with van der Waals surface area (Å²) in [7, 11) is 0. The fourth-order valence-electron chi connectivity index (χ4n) is 4.71. The van der Waals surface area contributed by atoms with Crippen LogP contribution in [0.15, 0.2) is 59.7 Å². The third kappa shape index (κ3) is 3.91. The first-order chi connectivity index (χ1) is 16.0. The van der Waals surface area contributed by atoms with Crippen molar-refractivity contribution in [3.8, 4) is 11.3 Å². The highest BCUT2D eigenvalue weighted by molar-refractivity contribution is 5.99. The molecule has 168 valence electrons. The van der Waals surface area contributed by atoms with Crippen LogP contribution in [0.2, 0.25) is 0 Å². The van der Waals surface area contributed by atoms with Gasteiger partial charge < -0.3 is 19.8 Å². The van der Waals surface area contributed by atoms with E-state index in [4.69, 9.17) is 14.9 Å². The highest BCUT2D eigenvalue weighted by atomic mass is 16.5. The van der Waals surface area contributed by atoms with Crippen molar-refractivity contribution in [3.05, 3.63) is 72.0 Å². The van der Waals surface area contributed by atoms with Crippen LogP contribution in [0.3, 0.4) is 0 Å². The van der Waals surface area contributed by atoms with Gasteiger partial charge in [0.05, 0.1) is 18.2 Å². The average molecular weight is 446 g/mol. The fourth-order valence-corrected chi connectivity index (χ4v) is 4.71. The van der Waals surface area contributed by atoms with E-state index in [2.05, 4.69) is 9.97 Å². The van der Waals surface area contributed by atoms with E-state index in [1.54, 1.807) is 47.8 Å². The van der Waals surface area contributed by atoms with Crippen LogP contribution in [0.1, 0.15) is 33.8 Å². The number of nitrogens with two attached hydrogens (primary N) is 1. The fraction of sp³-hybridized carbons (Fsp3) is 0.292. The van der Waals surface area contributed by atoms with Crippen LogP contribution >= 0.6 is 0 Å². The van der Waals surface area contributed by atoms with Crippen molar-refractivity contribution in [2.24, 2.45) is 5.73 Å². The van der Waals surface area contributed by atoms with E-state index >= 15 is 0 Å². The summed E-state index contributed by atoms with van der Waals surface area (Å²) in [6.45, 7) is 0.428. The van der Waals surface area contributed by atoms with Crippen LogP contribution in [0, 0.1) is 0 Å². The molecule has 0 radical (unpaired) electrons. The van der Waals surface area contributed by atoms with Crippen molar-refractivity contribution in [1.29, 1.82) is 0 Å². The quantitative estimate of drug-likeness (QED) is 0.610. The third-order valence-electron chi connectivity index (χ3n) is 6.27. The Hall–Kier alpha value is -3.85. The van der Waals surface area contributed by atoms with Gasteiger partial charge in [-0.2, -0.15) is 0 Å². The number of rotatable bonds is 6. The third-order valence-corrected chi connectivity index (χ3v) is 6.27. The van der Waals surface area contributed by atoms with Gasteiger partial charge in [-0.3, -0.25) is 19.4 Å². The SMILES string of the molecule is NC(=O)c1ccc(-c2cnco2)cc1C(Cc1cccnc1)C(=O)N1CCC2OCC(=O)C21. The lowest BCUT2D eigenvalue weighted by Crippen LogP contribution is -2.44. The largest absolute Gasteiger partial charge is 0.444 e. The average Bonchev–Trinajstić information content (AvgIpc) is 3.57. The second kappa shape index (κ2) is 8.59. The summed E-state index contributed by atoms with van der Waals surface area (Å²) < 4.78 is 11.0. The number of benzene rings is 1. The predicted octanol–water partition coefficient (Wildman–Crippen LogP) is 1.73. The number of oxazole rings is 1. The number of pyridine rings is 1. The molecule has 9 nitrogen and oxygen atoms in total. The zero-order valence-electron chi connectivity index (χ0n) is 17.7. The smallest absolute Gasteiger partial charge is 0.249 e. The predicted molar refractivity (Wildman–Crippen MR) is 116 cm³/mol. The first kappa shape index (κ1) is 21.0. The molecule has 0 aliphatic carbocycles. The summed E-state index contributed by atoms with van der Waals surface area (Å²) in [5.41, 5.74) is 7.89. The summed E-state index contributed by atoms with van der Waals surface area (Å²) >= 11 is 0. The molecule has 2 amide bonds. The molecule has 3 unspecified atom stereocenters. The van der Waals surface area contributed by atoms with Crippen molar-refractivity contribution in [2.75, 3.05) is 13.2 Å². The highest BCUT2D eigenvalue weighted by Crippen LogP contribution is 2.35. The Morgan fingerprint density at radius 2 is 2.09 bits per heavy atom. The van der Waals surface area contributed by atoms with Crippen molar-refractivity contribution in [1.82, 2.24) is 14.9 Å². The molecule has 33 heavy (non-hydrogen) atoms. The molecular formula is C24H22N4O5. The van der Waals surface area contributed by atoms with Crippen molar-refractivity contribution in [2.45, 2.75) is 30.9 Å². The molecule has 9 heteroatoms. The molecule has 2 saturated heterocycles. The summed E-state index contributed by atoms with van der Waals surface area (Å²) in [4.78, 5) is 48.4. The highest BCUT2D eigenvalue weighted by Gasteiger charge is 2.48. The standard InChI is InChI=1S/C24H22N4O5/c25-23(30)16-4-3-15(21-11-27-13-33-21)9-17(16)18(8-14-2-1-6-26-10-14)24(31)28-7-5-20-22(28)19(29)12-32-20/h1-4,6,9-11,13,18,20,22H,5,7-8,12H2,(H2,25,30). The number of ketones is 1. The molecule has 0 spiro atoms. The minimum Gasteiger partial charge on any atom is -0.444 e. The van der Waals surface area contributed by atoms with Gasteiger partial charge in [0.1, 0.15) is 12.6 Å². The van der Waals surface area contributed by atoms with E-state index in [1.807, 2.05) is 6.07 Å². The molecule has 4 heterocycles. The van der Waals surface area contributed by atoms with Gasteiger partial charge in [0, 0.05) is 30.1 Å². The Morgan fingerprint density at radius 3 is 2.82 bits per heavy atom. The number of likely N-dealkylation sites (tertiary alicyclic amines) is 1. The van der Waals surface area contributed by atoms with E-state index in [0.717, 1.165) is 5.56 Å². The number of hydrogen-bond donors (Lipinski definition) is 1. The van der Waals surface area contributed by atoms with Gasteiger partial charge in [-0.1, -0.05) is 12.1 Å². The molecular weight excluding hydrogens is 424 g/mol. The molecule has 0 bridgehead atoms. The van der Waals surface area contributed by atoms with Gasteiger partial charge in [-0.25, -0.2) is 4.98 Å². The molecule has 3 aromatic rings. The van der Waals surface area contributed by atoms with Crippen molar-refractivity contribution >= 4 is 17.6 Å². The second-order valence-corrected chi connectivity index (χ2v) is 8.23. The summed E-state index contributed by atoms with van der Waals surface area (Å²) in [5.74, 6) is -1.25. The molecule has 1 aromatic carbocycles. The number of carbonyl (C=O) groups is 3. The monoisotopic (exact) mass is 446 g/mol. The Kier molecular flexibility index (Phi) is 5.47. The maximum Gasteiger partial charge on any atom is 0.249 e. The normalized spacial score (nSPS) is 20.6. The molecule has 2 aliphatic heterocycles. The lowest BCUT2D eigenvalue weighted by molar-refractivity contribution is -0.137. The minimum absolute atomic E-state index is 0.0138. The lowest BCUT2D eigenvalue weighted by atomic mass is 9.86. The zero-order valence-corrected chi connectivity index (χ0v) is 17.7. The molecule has 2 N–H and O–H groups in total. The Bertz CT molecular complexity index is 1190. The first-order valence-corrected chi connectivity index (χ1v) is 10.7. The number of ether oxygens (including phenoxy) is 1. The Morgan fingerprint density at radius 1 is 1.21 bits per heavy atom. The number of hydrogen-bond acceptors (Lipinski definition) is 7. The Balaban J connectivity index is 1.60. The molecule has 3 atom stereocenters. The molecule has 2 aromatic heterocycles. The topological polar surface area (TPSA) is 129 Å². The van der Waals surface area contributed by atoms with Crippen molar-refractivity contribution in [3.63, 3.8) is 0 Å². The van der Waals surface area contributed by atoms with Crippen molar-refractivity contribution < 1.29 is 23.5 Å². The first-order valence-electron chi connectivity index (χ1n) is 10.7. The maximum absolute atomic E-state index is 13.9. The second-order valence-electron chi connectivity index (χ2n) is 8.23. The van der Waals surface area contributed by atoms with E-state index in [0.29, 0.717) is 29.9 Å². The van der Waals surface area contributed by atoms with Gasteiger partial charge in [-0.05, 0) is 42.2 Å². The summed E-state index contributed by atoms with van der Waals surface area (Å²) in [5, 5.41) is 0. The van der Waals surface area contributed by atoms with E-state index in [9.17, 15) is 14.4 Å². The van der Waals surface area contributed by atoms with Gasteiger partial charge in [0.25, 0.3) is 0 Å². The van der Waals surface area contributed by atoms with E-state index in [1.165, 1.54) is 6.39 Å². The van der Waals surface area contributed by atoms with E-state index < -0.39 is 17.9 Å². The van der Waals surface area contributed by atoms with Gasteiger partial charge in [0.15, 0.2) is 17.9 Å². The number of primary amides is 1. The van der Waals surface area contributed by atoms with Crippen LogP contribution in [0.25, 0.3) is 11.3 Å². The van der Waals surface area contributed by atoms with Gasteiger partial charge in [-0.15, -0.1) is 0 Å². The molecule has 2 aliphatic rings. The number of fused-ring (bicyclic) bond motifs is 1. The molecule has 0 saturated carbocycles. The Labute approximate surface area is 189 Å². The number of carbonyl (C=O) groups excluding carboxylic acids is 3. The van der Waals surface area contributed by atoms with Crippen LogP contribution in [0.4, 0.5) is 0 Å². The molecule has 5 rings (SSSR count). The van der Waals surface area contributed by atoms with Gasteiger partial charge >= 0.3 is 0 Å².